The van der Waals surface area contributed by atoms with Gasteiger partial charge in [0.15, 0.2) is 5.69 Å². The monoisotopic (exact) mass is 294 g/mol. The molecule has 0 radical (unpaired) electrons. The van der Waals surface area contributed by atoms with Crippen molar-refractivity contribution in [1.29, 1.82) is 0 Å². The summed E-state index contributed by atoms with van der Waals surface area (Å²) in [5.74, 6) is -3.26. The zero-order chi connectivity index (χ0) is 15.7. The van der Waals surface area contributed by atoms with E-state index in [9.17, 15) is 18.4 Å². The molecule has 0 atom stereocenters. The number of primary amides is 2. The molecule has 8 heteroatoms. The Hall–Kier alpha value is -2.77. The van der Waals surface area contributed by atoms with E-state index in [-0.39, 0.29) is 29.3 Å². The van der Waals surface area contributed by atoms with Crippen LogP contribution in [0.5, 0.6) is 0 Å². The molecule has 21 heavy (non-hydrogen) atoms. The van der Waals surface area contributed by atoms with Crippen molar-refractivity contribution < 1.29 is 18.4 Å². The summed E-state index contributed by atoms with van der Waals surface area (Å²) in [6.07, 6.45) is 0. The highest BCUT2D eigenvalue weighted by molar-refractivity contribution is 6.04. The minimum absolute atomic E-state index is 0.195. The van der Waals surface area contributed by atoms with Crippen LogP contribution in [0.2, 0.25) is 0 Å². The molecule has 0 fully saturated rings. The van der Waals surface area contributed by atoms with Crippen LogP contribution in [0.15, 0.2) is 18.2 Å². The van der Waals surface area contributed by atoms with Gasteiger partial charge in [0, 0.05) is 5.56 Å². The second-order valence-electron chi connectivity index (χ2n) is 4.37. The normalized spacial score (nSPS) is 10.6. The predicted octanol–water partition coefficient (Wildman–Crippen LogP) is 0.716. The summed E-state index contributed by atoms with van der Waals surface area (Å²) in [6.45, 7) is 1.14. The summed E-state index contributed by atoms with van der Waals surface area (Å²) in [5, 5.41) is 0. The van der Waals surface area contributed by atoms with E-state index in [4.69, 9.17) is 11.5 Å². The highest BCUT2D eigenvalue weighted by Crippen LogP contribution is 2.18. The molecule has 0 bridgehead atoms. The van der Waals surface area contributed by atoms with Crippen LogP contribution in [0, 0.1) is 18.6 Å². The zero-order valence-corrected chi connectivity index (χ0v) is 11.1. The number of imidazole rings is 1. The Bertz CT molecular complexity index is 720. The fourth-order valence-electron chi connectivity index (χ4n) is 2.02. The van der Waals surface area contributed by atoms with Gasteiger partial charge in [-0.1, -0.05) is 6.07 Å². The van der Waals surface area contributed by atoms with Gasteiger partial charge in [0.05, 0.1) is 6.54 Å². The molecule has 1 aromatic heterocycles. The highest BCUT2D eigenvalue weighted by Gasteiger charge is 2.24. The van der Waals surface area contributed by atoms with Crippen molar-refractivity contribution in [3.05, 3.63) is 52.6 Å². The van der Waals surface area contributed by atoms with Gasteiger partial charge in [0.1, 0.15) is 23.2 Å². The predicted molar refractivity (Wildman–Crippen MR) is 69.5 cm³/mol. The van der Waals surface area contributed by atoms with Crippen molar-refractivity contribution in [2.75, 3.05) is 0 Å². The van der Waals surface area contributed by atoms with Gasteiger partial charge in [0.2, 0.25) is 0 Å². The van der Waals surface area contributed by atoms with Gasteiger partial charge in [-0.3, -0.25) is 9.59 Å². The van der Waals surface area contributed by atoms with E-state index in [0.717, 1.165) is 16.7 Å². The van der Waals surface area contributed by atoms with E-state index in [1.165, 1.54) is 13.0 Å². The van der Waals surface area contributed by atoms with Crippen LogP contribution in [0.3, 0.4) is 0 Å². The first kappa shape index (κ1) is 14.6. The number of hydrogen-bond donors (Lipinski definition) is 2. The van der Waals surface area contributed by atoms with Crippen LogP contribution in [-0.2, 0) is 6.54 Å². The van der Waals surface area contributed by atoms with Crippen LogP contribution in [0.4, 0.5) is 8.78 Å². The van der Waals surface area contributed by atoms with Crippen LogP contribution in [0.25, 0.3) is 0 Å². The molecular formula is C13H12F2N4O2. The van der Waals surface area contributed by atoms with Crippen molar-refractivity contribution in [1.82, 2.24) is 9.55 Å². The van der Waals surface area contributed by atoms with Crippen LogP contribution < -0.4 is 11.5 Å². The van der Waals surface area contributed by atoms with Crippen molar-refractivity contribution in [3.63, 3.8) is 0 Å². The number of carbonyl (C=O) groups excluding carboxylic acids is 2. The quantitative estimate of drug-likeness (QED) is 0.867. The molecule has 1 heterocycles. The molecule has 1 aromatic carbocycles. The van der Waals surface area contributed by atoms with Crippen LogP contribution >= 0.6 is 0 Å². The average molecular weight is 294 g/mol. The number of benzene rings is 1. The highest BCUT2D eigenvalue weighted by atomic mass is 19.1. The van der Waals surface area contributed by atoms with E-state index in [1.54, 1.807) is 0 Å². The van der Waals surface area contributed by atoms with Gasteiger partial charge in [-0.05, 0) is 19.1 Å². The van der Waals surface area contributed by atoms with E-state index >= 15 is 0 Å². The number of aryl methyl sites for hydroxylation is 1. The van der Waals surface area contributed by atoms with Gasteiger partial charge < -0.3 is 16.0 Å². The number of amides is 2. The fourth-order valence-corrected chi connectivity index (χ4v) is 2.02. The first-order chi connectivity index (χ1) is 9.82. The Balaban J connectivity index is 2.60. The van der Waals surface area contributed by atoms with Gasteiger partial charge in [-0.2, -0.15) is 0 Å². The standard InChI is InChI=1S/C13H12F2N4O2/c1-6-18-10(12(16)20)11(13(17)21)19(6)5-7-8(14)3-2-4-9(7)15/h2-4H,5H2,1H3,(H2,16,20)(H2,17,21). The molecule has 6 nitrogen and oxygen atoms in total. The van der Waals surface area contributed by atoms with E-state index < -0.39 is 23.4 Å². The molecule has 0 aliphatic heterocycles. The second-order valence-corrected chi connectivity index (χ2v) is 4.37. The van der Waals surface area contributed by atoms with Crippen molar-refractivity contribution in [3.8, 4) is 0 Å². The first-order valence-electron chi connectivity index (χ1n) is 5.92. The van der Waals surface area contributed by atoms with Crippen molar-refractivity contribution >= 4 is 11.8 Å². The van der Waals surface area contributed by atoms with Gasteiger partial charge in [-0.25, -0.2) is 13.8 Å². The number of halogens is 2. The molecule has 0 spiro atoms. The third-order valence-corrected chi connectivity index (χ3v) is 3.00. The lowest BCUT2D eigenvalue weighted by Gasteiger charge is -2.10. The molecule has 110 valence electrons. The lowest BCUT2D eigenvalue weighted by molar-refractivity contribution is 0.0959. The molecule has 0 aliphatic rings. The molecule has 0 aliphatic carbocycles. The van der Waals surface area contributed by atoms with E-state index in [0.29, 0.717) is 0 Å². The minimum atomic E-state index is -0.957. The topological polar surface area (TPSA) is 104 Å². The largest absolute Gasteiger partial charge is 0.364 e. The molecule has 0 saturated heterocycles. The number of hydrogen-bond acceptors (Lipinski definition) is 3. The maximum atomic E-state index is 13.7. The molecule has 2 aromatic rings. The maximum absolute atomic E-state index is 13.7. The van der Waals surface area contributed by atoms with Crippen molar-refractivity contribution in [2.45, 2.75) is 13.5 Å². The lowest BCUT2D eigenvalue weighted by Crippen LogP contribution is -2.24. The Morgan fingerprint density at radius 2 is 1.76 bits per heavy atom. The second kappa shape index (κ2) is 5.31. The summed E-state index contributed by atoms with van der Waals surface area (Å²) in [6, 6.07) is 3.39. The summed E-state index contributed by atoms with van der Waals surface area (Å²) < 4.78 is 28.5. The number of aromatic nitrogens is 2. The summed E-state index contributed by atoms with van der Waals surface area (Å²) in [5.41, 5.74) is 9.45. The van der Waals surface area contributed by atoms with Gasteiger partial charge in [0.25, 0.3) is 11.8 Å². The fraction of sp³-hybridized carbons (Fsp3) is 0.154. The SMILES string of the molecule is Cc1nc(C(N)=O)c(C(N)=O)n1Cc1c(F)cccc1F. The molecule has 2 amide bonds. The van der Waals surface area contributed by atoms with Crippen molar-refractivity contribution in [2.24, 2.45) is 11.5 Å². The Morgan fingerprint density at radius 3 is 2.24 bits per heavy atom. The van der Waals surface area contributed by atoms with Gasteiger partial charge in [-0.15, -0.1) is 0 Å². The number of rotatable bonds is 4. The third kappa shape index (κ3) is 2.60. The molecule has 4 N–H and O–H groups in total. The number of nitrogens with two attached hydrogens (primary N) is 2. The third-order valence-electron chi connectivity index (χ3n) is 3.00. The zero-order valence-electron chi connectivity index (χ0n) is 11.1. The summed E-state index contributed by atoms with van der Waals surface area (Å²) in [7, 11) is 0. The lowest BCUT2D eigenvalue weighted by atomic mass is 10.2. The number of nitrogens with zero attached hydrogens (tertiary/aromatic N) is 2. The smallest absolute Gasteiger partial charge is 0.269 e. The summed E-state index contributed by atoms with van der Waals surface area (Å²) in [4.78, 5) is 26.6. The van der Waals surface area contributed by atoms with E-state index in [1.807, 2.05) is 0 Å². The average Bonchev–Trinajstić information content (AvgIpc) is 2.71. The molecule has 0 saturated carbocycles. The molecule has 2 rings (SSSR count). The number of carbonyl (C=O) groups is 2. The van der Waals surface area contributed by atoms with Crippen LogP contribution in [0.1, 0.15) is 32.4 Å². The molecule has 0 unspecified atom stereocenters. The Labute approximate surface area is 118 Å². The maximum Gasteiger partial charge on any atom is 0.269 e. The van der Waals surface area contributed by atoms with Gasteiger partial charge >= 0.3 is 0 Å². The molecular weight excluding hydrogens is 282 g/mol. The Morgan fingerprint density at radius 1 is 1.19 bits per heavy atom. The van der Waals surface area contributed by atoms with E-state index in [2.05, 4.69) is 4.98 Å². The Kier molecular flexibility index (Phi) is 3.70. The summed E-state index contributed by atoms with van der Waals surface area (Å²) >= 11 is 0. The minimum Gasteiger partial charge on any atom is -0.364 e. The van der Waals surface area contributed by atoms with Crippen LogP contribution in [-0.4, -0.2) is 21.4 Å². The first-order valence-corrected chi connectivity index (χ1v) is 5.92.